The van der Waals surface area contributed by atoms with Gasteiger partial charge in [0.15, 0.2) is 39.9 Å². The van der Waals surface area contributed by atoms with Crippen molar-refractivity contribution in [2.45, 2.75) is 56.7 Å². The highest BCUT2D eigenvalue weighted by atomic mass is 16.6. The molecular formula is C14H20O9. The first-order valence-electron chi connectivity index (χ1n) is 6.78. The van der Waals surface area contributed by atoms with Crippen LogP contribution < -0.4 is 0 Å². The van der Waals surface area contributed by atoms with E-state index in [0.29, 0.717) is 0 Å². The van der Waals surface area contributed by atoms with Gasteiger partial charge in [-0.1, -0.05) is 0 Å². The smallest absolute Gasteiger partial charge is 0.199 e. The van der Waals surface area contributed by atoms with Crippen molar-refractivity contribution in [1.29, 1.82) is 0 Å². The zero-order valence-electron chi connectivity index (χ0n) is 13.2. The predicted octanol–water partition coefficient (Wildman–Crippen LogP) is -2.70. The second-order valence-electron chi connectivity index (χ2n) is 5.79. The van der Waals surface area contributed by atoms with E-state index < -0.39 is 58.8 Å². The van der Waals surface area contributed by atoms with E-state index in [1.807, 2.05) is 0 Å². The molecule has 0 aromatic carbocycles. The van der Waals surface area contributed by atoms with Crippen molar-refractivity contribution < 1.29 is 44.3 Å². The van der Waals surface area contributed by atoms with Gasteiger partial charge in [-0.3, -0.25) is 19.2 Å². The van der Waals surface area contributed by atoms with E-state index in [4.69, 9.17) is 4.74 Å². The van der Waals surface area contributed by atoms with Crippen LogP contribution in [0.3, 0.4) is 0 Å². The van der Waals surface area contributed by atoms with Crippen LogP contribution in [0.15, 0.2) is 0 Å². The lowest BCUT2D eigenvalue weighted by Gasteiger charge is -2.55. The average molecular weight is 332 g/mol. The first-order valence-corrected chi connectivity index (χ1v) is 6.78. The Balaban J connectivity index is 3.74. The molecule has 130 valence electrons. The van der Waals surface area contributed by atoms with E-state index in [1.165, 1.54) is 0 Å². The first-order chi connectivity index (χ1) is 10.3. The lowest BCUT2D eigenvalue weighted by Crippen LogP contribution is -2.84. The summed E-state index contributed by atoms with van der Waals surface area (Å²) in [7, 11) is 0. The van der Waals surface area contributed by atoms with Crippen LogP contribution in [0.5, 0.6) is 0 Å². The number of carbonyl (C=O) groups is 4. The minimum atomic E-state index is -3.29. The number of carbonyl (C=O) groups excluding carboxylic acids is 4. The molecule has 1 aliphatic heterocycles. The Hall–Kier alpha value is -1.52. The lowest BCUT2D eigenvalue weighted by molar-refractivity contribution is -0.304. The standard InChI is InChI=1S/C14H20O9/c1-6(15)10(19)11-13(21,8(3)17)14(22,9(4)18)12(20,5-23-11)7(2)16/h10-11,19-22H,5H2,1-4H3/t10?,11-,12-,13+,14-/m1/s1. The summed E-state index contributed by atoms with van der Waals surface area (Å²) in [4.78, 5) is 47.2. The maximum atomic E-state index is 12.0. The molecule has 0 aromatic rings. The second kappa shape index (κ2) is 5.84. The summed E-state index contributed by atoms with van der Waals surface area (Å²) < 4.78 is 4.98. The molecule has 0 saturated carbocycles. The highest BCUT2D eigenvalue weighted by Crippen LogP contribution is 2.44. The predicted molar refractivity (Wildman–Crippen MR) is 73.3 cm³/mol. The van der Waals surface area contributed by atoms with Crippen molar-refractivity contribution in [3.63, 3.8) is 0 Å². The van der Waals surface area contributed by atoms with E-state index in [2.05, 4.69) is 0 Å². The van der Waals surface area contributed by atoms with Crippen LogP contribution in [0.4, 0.5) is 0 Å². The molecule has 5 atom stereocenters. The Morgan fingerprint density at radius 3 is 1.74 bits per heavy atom. The minimum Gasteiger partial charge on any atom is -0.382 e. The largest absolute Gasteiger partial charge is 0.382 e. The Morgan fingerprint density at radius 2 is 1.43 bits per heavy atom. The van der Waals surface area contributed by atoms with Crippen LogP contribution in [0.2, 0.25) is 0 Å². The molecule has 4 N–H and O–H groups in total. The number of Topliss-reactive ketones (excluding diaryl/α,β-unsaturated/α-hetero) is 4. The summed E-state index contributed by atoms with van der Waals surface area (Å²) in [6.07, 6.45) is -4.10. The second-order valence-corrected chi connectivity index (χ2v) is 5.79. The van der Waals surface area contributed by atoms with Gasteiger partial charge in [0.25, 0.3) is 0 Å². The molecule has 0 spiro atoms. The number of rotatable bonds is 5. The summed E-state index contributed by atoms with van der Waals surface area (Å²) in [5, 5.41) is 41.8. The molecule has 1 aliphatic rings. The molecule has 0 aliphatic carbocycles. The highest BCUT2D eigenvalue weighted by Gasteiger charge is 2.76. The molecule has 1 unspecified atom stereocenters. The van der Waals surface area contributed by atoms with Gasteiger partial charge >= 0.3 is 0 Å². The fourth-order valence-electron chi connectivity index (χ4n) is 2.86. The zero-order chi connectivity index (χ0) is 18.4. The third kappa shape index (κ3) is 2.36. The van der Waals surface area contributed by atoms with Crippen LogP contribution in [-0.4, -0.2) is 79.2 Å². The van der Waals surface area contributed by atoms with Gasteiger partial charge in [0.2, 0.25) is 0 Å². The number of aliphatic hydroxyl groups is 4. The number of hydrogen-bond donors (Lipinski definition) is 4. The van der Waals surface area contributed by atoms with Gasteiger partial charge in [-0.05, 0) is 27.7 Å². The van der Waals surface area contributed by atoms with E-state index in [9.17, 15) is 39.6 Å². The first kappa shape index (κ1) is 19.5. The van der Waals surface area contributed by atoms with Crippen LogP contribution in [0.1, 0.15) is 27.7 Å². The topological polar surface area (TPSA) is 158 Å². The summed E-state index contributed by atoms with van der Waals surface area (Å²) >= 11 is 0. The molecule has 0 bridgehead atoms. The number of ether oxygens (including phenoxy) is 1. The highest BCUT2D eigenvalue weighted by molar-refractivity contribution is 6.05. The van der Waals surface area contributed by atoms with Gasteiger partial charge < -0.3 is 25.2 Å². The van der Waals surface area contributed by atoms with Crippen LogP contribution in [-0.2, 0) is 23.9 Å². The Bertz CT molecular complexity index is 571. The third-order valence-electron chi connectivity index (χ3n) is 4.37. The van der Waals surface area contributed by atoms with Gasteiger partial charge in [0.1, 0.15) is 12.2 Å². The SMILES string of the molecule is CC(=O)C(O)[C@H]1OC[C@@](O)(C(C)=O)[C@](O)(C(C)=O)[C@]1(O)C(C)=O. The summed E-state index contributed by atoms with van der Waals surface area (Å²) in [6, 6.07) is 0. The molecular weight excluding hydrogens is 312 g/mol. The summed E-state index contributed by atoms with van der Waals surface area (Å²) in [5.74, 6) is -4.60. The molecule has 1 heterocycles. The van der Waals surface area contributed by atoms with Crippen molar-refractivity contribution >= 4 is 23.1 Å². The van der Waals surface area contributed by atoms with E-state index in [0.717, 1.165) is 27.7 Å². The molecule has 0 radical (unpaired) electrons. The maximum Gasteiger partial charge on any atom is 0.199 e. The number of hydrogen-bond acceptors (Lipinski definition) is 9. The van der Waals surface area contributed by atoms with E-state index in [-0.39, 0.29) is 0 Å². The fraction of sp³-hybridized carbons (Fsp3) is 0.714. The molecule has 1 fully saturated rings. The van der Waals surface area contributed by atoms with Crippen molar-refractivity contribution in [3.8, 4) is 0 Å². The molecule has 1 saturated heterocycles. The van der Waals surface area contributed by atoms with E-state index >= 15 is 0 Å². The average Bonchev–Trinajstić information content (AvgIpc) is 2.43. The molecule has 9 nitrogen and oxygen atoms in total. The Labute approximate surface area is 131 Å². The molecule has 0 amide bonds. The van der Waals surface area contributed by atoms with Gasteiger partial charge in [0, 0.05) is 0 Å². The van der Waals surface area contributed by atoms with Gasteiger partial charge in [-0.2, -0.15) is 0 Å². The number of aliphatic hydroxyl groups excluding tert-OH is 1. The summed E-state index contributed by atoms with van der Waals surface area (Å²) in [6.45, 7) is 2.29. The Kier molecular flexibility index (Phi) is 4.96. The quantitative estimate of drug-likeness (QED) is 0.420. The van der Waals surface area contributed by atoms with Crippen LogP contribution in [0.25, 0.3) is 0 Å². The minimum absolute atomic E-state index is 0.754. The van der Waals surface area contributed by atoms with Crippen molar-refractivity contribution in [3.05, 3.63) is 0 Å². The zero-order valence-corrected chi connectivity index (χ0v) is 13.2. The van der Waals surface area contributed by atoms with Crippen molar-refractivity contribution in [1.82, 2.24) is 0 Å². The molecule has 23 heavy (non-hydrogen) atoms. The normalized spacial score (nSPS) is 38.7. The summed E-state index contributed by atoms with van der Waals surface area (Å²) in [5.41, 5.74) is -9.42. The van der Waals surface area contributed by atoms with Gasteiger partial charge in [-0.25, -0.2) is 0 Å². The maximum absolute atomic E-state index is 12.0. The molecule has 9 heteroatoms. The molecule has 0 aromatic heterocycles. The van der Waals surface area contributed by atoms with Crippen LogP contribution >= 0.6 is 0 Å². The van der Waals surface area contributed by atoms with Gasteiger partial charge in [-0.15, -0.1) is 0 Å². The van der Waals surface area contributed by atoms with Crippen LogP contribution in [0, 0.1) is 0 Å². The number of ketones is 4. The van der Waals surface area contributed by atoms with Crippen molar-refractivity contribution in [2.75, 3.05) is 6.61 Å². The van der Waals surface area contributed by atoms with E-state index in [1.54, 1.807) is 0 Å². The monoisotopic (exact) mass is 332 g/mol. The molecule has 1 rings (SSSR count). The van der Waals surface area contributed by atoms with Gasteiger partial charge in [0.05, 0.1) is 6.61 Å². The van der Waals surface area contributed by atoms with Crippen molar-refractivity contribution in [2.24, 2.45) is 0 Å². The lowest BCUT2D eigenvalue weighted by atomic mass is 9.61. The Morgan fingerprint density at radius 1 is 0.957 bits per heavy atom. The third-order valence-corrected chi connectivity index (χ3v) is 4.37. The fourth-order valence-corrected chi connectivity index (χ4v) is 2.86.